The summed E-state index contributed by atoms with van der Waals surface area (Å²) in [6.45, 7) is 7.14. The second kappa shape index (κ2) is 14.4. The molecule has 0 saturated carbocycles. The molecule has 0 aliphatic carbocycles. The number of nitrogens with one attached hydrogen (secondary N) is 1. The summed E-state index contributed by atoms with van der Waals surface area (Å²) in [5.41, 5.74) is 9.09. The number of hydrogen-bond acceptors (Lipinski definition) is 9. The van der Waals surface area contributed by atoms with Crippen LogP contribution in [0.5, 0.6) is 0 Å². The fraction of sp³-hybridized carbons (Fsp3) is 0.370. The fourth-order valence-electron chi connectivity index (χ4n) is 3.99. The summed E-state index contributed by atoms with van der Waals surface area (Å²) >= 11 is 1.60. The highest BCUT2D eigenvalue weighted by molar-refractivity contribution is 7.72. The molecule has 1 aromatic heterocycles. The van der Waals surface area contributed by atoms with Gasteiger partial charge >= 0.3 is 15.2 Å². The minimum absolute atomic E-state index is 0.0340. The molecule has 0 bridgehead atoms. The third kappa shape index (κ3) is 7.89. The van der Waals surface area contributed by atoms with Crippen molar-refractivity contribution in [2.75, 3.05) is 37.5 Å². The van der Waals surface area contributed by atoms with Crippen molar-refractivity contribution in [2.45, 2.75) is 39.5 Å². The number of carbonyl (C=O) groups is 1. The topological polar surface area (TPSA) is 126 Å². The molecule has 3 rings (SSSR count). The monoisotopic (exact) mass is 594 g/mol. The van der Waals surface area contributed by atoms with Gasteiger partial charge in [-0.15, -0.1) is 11.3 Å². The van der Waals surface area contributed by atoms with Gasteiger partial charge in [0.2, 0.25) is 0 Å². The predicted octanol–water partition coefficient (Wildman–Crippen LogP) is 7.65. The molecule has 9 nitrogen and oxygen atoms in total. The maximum absolute atomic E-state index is 13.8. The van der Waals surface area contributed by atoms with E-state index < -0.39 is 20.6 Å². The standard InChI is InChI=1S/C27H36N2O7P2S/c1-5-33-37(31,34-6-2)26(38(32,35-7-3)36-8-4)18-20-11-13-21(14-12-20)27(30)29-24-19-22(15-16-23(24)28)25-10-9-17-39-25/h9-17,19,26H,5-8,18,28H2,1-4H3,(H,29,30). The van der Waals surface area contributed by atoms with Crippen LogP contribution in [0, 0.1) is 0 Å². The van der Waals surface area contributed by atoms with E-state index in [1.165, 1.54) is 0 Å². The van der Waals surface area contributed by atoms with E-state index >= 15 is 0 Å². The molecule has 0 radical (unpaired) electrons. The molecule has 0 saturated heterocycles. The molecule has 0 aliphatic rings. The lowest BCUT2D eigenvalue weighted by Crippen LogP contribution is -2.20. The maximum Gasteiger partial charge on any atom is 0.346 e. The van der Waals surface area contributed by atoms with E-state index in [2.05, 4.69) is 5.32 Å². The highest BCUT2D eigenvalue weighted by atomic mass is 32.1. The van der Waals surface area contributed by atoms with Crippen molar-refractivity contribution in [3.8, 4) is 10.4 Å². The van der Waals surface area contributed by atoms with Crippen LogP contribution in [-0.4, -0.2) is 37.7 Å². The number of anilines is 2. The van der Waals surface area contributed by atoms with Gasteiger partial charge in [-0.1, -0.05) is 24.3 Å². The van der Waals surface area contributed by atoms with Crippen molar-refractivity contribution in [3.05, 3.63) is 71.1 Å². The number of rotatable bonds is 15. The Hall–Kier alpha value is -2.29. The molecule has 0 fully saturated rings. The van der Waals surface area contributed by atoms with Crippen LogP contribution < -0.4 is 11.1 Å². The van der Waals surface area contributed by atoms with Crippen LogP contribution in [0.25, 0.3) is 10.4 Å². The SMILES string of the molecule is CCOP(=O)(OCC)C(Cc1ccc(C(=O)Nc2cc(-c3cccs3)ccc2N)cc1)P(=O)(OCC)OCC. The van der Waals surface area contributed by atoms with Crippen LogP contribution in [0.15, 0.2) is 60.0 Å². The van der Waals surface area contributed by atoms with E-state index in [4.69, 9.17) is 23.8 Å². The zero-order valence-electron chi connectivity index (χ0n) is 22.6. The van der Waals surface area contributed by atoms with Gasteiger partial charge in [0.1, 0.15) is 0 Å². The van der Waals surface area contributed by atoms with Gasteiger partial charge in [-0.2, -0.15) is 0 Å². The number of benzene rings is 2. The van der Waals surface area contributed by atoms with Crippen molar-refractivity contribution in [1.29, 1.82) is 0 Å². The van der Waals surface area contributed by atoms with Crippen molar-refractivity contribution in [3.63, 3.8) is 0 Å². The van der Waals surface area contributed by atoms with Gasteiger partial charge < -0.3 is 29.1 Å². The second-order valence-corrected chi connectivity index (χ2v) is 14.2. The summed E-state index contributed by atoms with van der Waals surface area (Å²) in [5, 5.41) is 3.69. The number of nitrogens with two attached hydrogens (primary N) is 1. The van der Waals surface area contributed by atoms with Crippen LogP contribution in [0.1, 0.15) is 43.6 Å². The molecule has 39 heavy (non-hydrogen) atoms. The van der Waals surface area contributed by atoms with E-state index in [1.54, 1.807) is 69.4 Å². The van der Waals surface area contributed by atoms with Crippen molar-refractivity contribution in [2.24, 2.45) is 0 Å². The molecule has 3 N–H and O–H groups in total. The van der Waals surface area contributed by atoms with Crippen LogP contribution in [0.3, 0.4) is 0 Å². The minimum Gasteiger partial charge on any atom is -0.397 e. The first-order valence-corrected chi connectivity index (χ1v) is 16.9. The molecule has 0 unspecified atom stereocenters. The first-order chi connectivity index (χ1) is 18.7. The summed E-state index contributed by atoms with van der Waals surface area (Å²) < 4.78 is 49.7. The number of amides is 1. The van der Waals surface area contributed by atoms with Gasteiger partial charge in [0.15, 0.2) is 5.40 Å². The Kier molecular flexibility index (Phi) is 11.5. The Morgan fingerprint density at radius 2 is 1.44 bits per heavy atom. The summed E-state index contributed by atoms with van der Waals surface area (Å²) in [4.78, 5) is 14.1. The van der Waals surface area contributed by atoms with Crippen LogP contribution in [-0.2, 0) is 33.6 Å². The van der Waals surface area contributed by atoms with Gasteiger partial charge in [0.05, 0.1) is 37.8 Å². The second-order valence-electron chi connectivity index (χ2n) is 8.37. The van der Waals surface area contributed by atoms with Crippen molar-refractivity contribution >= 4 is 43.8 Å². The average Bonchev–Trinajstić information content (AvgIpc) is 3.44. The van der Waals surface area contributed by atoms with Crippen LogP contribution >= 0.6 is 26.5 Å². The van der Waals surface area contributed by atoms with E-state index in [0.717, 1.165) is 10.4 Å². The lowest BCUT2D eigenvalue weighted by Gasteiger charge is -2.31. The summed E-state index contributed by atoms with van der Waals surface area (Å²) in [6.07, 6.45) is 0.0340. The number of carbonyl (C=O) groups excluding carboxylic acids is 1. The molecule has 3 aromatic rings. The van der Waals surface area contributed by atoms with Crippen molar-refractivity contribution < 1.29 is 32.0 Å². The smallest absolute Gasteiger partial charge is 0.346 e. The molecule has 0 aliphatic heterocycles. The quantitative estimate of drug-likeness (QED) is 0.136. The maximum atomic E-state index is 13.8. The van der Waals surface area contributed by atoms with E-state index in [1.807, 2.05) is 29.6 Å². The largest absolute Gasteiger partial charge is 0.397 e. The number of hydrogen-bond donors (Lipinski definition) is 2. The lowest BCUT2D eigenvalue weighted by molar-refractivity contribution is 0.102. The Labute approximate surface area is 234 Å². The molecule has 1 amide bonds. The normalized spacial score (nSPS) is 12.1. The highest BCUT2D eigenvalue weighted by Gasteiger charge is 2.50. The zero-order chi connectivity index (χ0) is 28.5. The van der Waals surface area contributed by atoms with Gasteiger partial charge in [-0.25, -0.2) is 0 Å². The van der Waals surface area contributed by atoms with E-state index in [0.29, 0.717) is 22.5 Å². The third-order valence-electron chi connectivity index (χ3n) is 5.71. The summed E-state index contributed by atoms with van der Waals surface area (Å²) in [5.74, 6) is -0.336. The summed E-state index contributed by atoms with van der Waals surface area (Å²) in [6, 6.07) is 16.2. The number of thiophene rings is 1. The number of nitrogen functional groups attached to an aromatic ring is 1. The summed E-state index contributed by atoms with van der Waals surface area (Å²) in [7, 11) is -7.78. The van der Waals surface area contributed by atoms with E-state index in [-0.39, 0.29) is 38.8 Å². The van der Waals surface area contributed by atoms with Gasteiger partial charge in [0, 0.05) is 10.4 Å². The Balaban J connectivity index is 1.85. The molecule has 0 atom stereocenters. The molecule has 2 aromatic carbocycles. The predicted molar refractivity (Wildman–Crippen MR) is 158 cm³/mol. The first-order valence-electron chi connectivity index (χ1n) is 12.8. The molecule has 0 spiro atoms. The third-order valence-corrected chi connectivity index (χ3v) is 12.6. The van der Waals surface area contributed by atoms with Gasteiger partial charge in [0.25, 0.3) is 5.91 Å². The fourth-order valence-corrected chi connectivity index (χ4v) is 10.0. The lowest BCUT2D eigenvalue weighted by atomic mass is 10.1. The Bertz CT molecular complexity index is 1270. The molecule has 1 heterocycles. The average molecular weight is 595 g/mol. The molecular formula is C27H36N2O7P2S. The van der Waals surface area contributed by atoms with Crippen LogP contribution in [0.2, 0.25) is 0 Å². The van der Waals surface area contributed by atoms with Crippen LogP contribution in [0.4, 0.5) is 11.4 Å². The van der Waals surface area contributed by atoms with Gasteiger partial charge in [-0.3, -0.25) is 13.9 Å². The minimum atomic E-state index is -3.89. The molecule has 212 valence electrons. The van der Waals surface area contributed by atoms with E-state index in [9.17, 15) is 13.9 Å². The zero-order valence-corrected chi connectivity index (χ0v) is 25.2. The van der Waals surface area contributed by atoms with Gasteiger partial charge in [-0.05, 0) is 81.0 Å². The first kappa shape index (κ1) is 31.2. The highest BCUT2D eigenvalue weighted by Crippen LogP contribution is 2.71. The Morgan fingerprint density at radius 1 is 0.872 bits per heavy atom. The molecule has 12 heteroatoms. The molecular weight excluding hydrogens is 558 g/mol. The van der Waals surface area contributed by atoms with Crippen molar-refractivity contribution in [1.82, 2.24) is 0 Å². The Morgan fingerprint density at radius 3 is 1.92 bits per heavy atom.